The molecule has 1 atom stereocenters. The number of carboxylic acid groups (broad SMARTS) is 1. The Balaban J connectivity index is 2.08. The standard InChI is InChI=1S/C9H16N2O5S/c12-9(13)8-7-11(5-6-16-8)17(14,15)10-3-1-2-4-10/h8H,1-7H2,(H,12,13). The van der Waals surface area contributed by atoms with Crippen LogP contribution in [0.1, 0.15) is 12.8 Å². The molecule has 17 heavy (non-hydrogen) atoms. The second-order valence-corrected chi connectivity index (χ2v) is 6.10. The molecule has 7 nitrogen and oxygen atoms in total. The summed E-state index contributed by atoms with van der Waals surface area (Å²) in [6, 6.07) is 0. The largest absolute Gasteiger partial charge is 0.479 e. The highest BCUT2D eigenvalue weighted by Gasteiger charge is 2.37. The van der Waals surface area contributed by atoms with Crippen LogP contribution in [0.4, 0.5) is 0 Å². The Labute approximate surface area is 100 Å². The molecule has 8 heteroatoms. The number of carbonyl (C=O) groups is 1. The molecule has 98 valence electrons. The quantitative estimate of drug-likeness (QED) is 0.714. The van der Waals surface area contributed by atoms with E-state index in [9.17, 15) is 13.2 Å². The molecule has 0 aliphatic carbocycles. The Morgan fingerprint density at radius 3 is 2.41 bits per heavy atom. The fraction of sp³-hybridized carbons (Fsp3) is 0.889. The summed E-state index contributed by atoms with van der Waals surface area (Å²) >= 11 is 0. The molecule has 1 unspecified atom stereocenters. The van der Waals surface area contributed by atoms with E-state index in [2.05, 4.69) is 0 Å². The first-order valence-electron chi connectivity index (χ1n) is 5.61. The van der Waals surface area contributed by atoms with Gasteiger partial charge in [-0.15, -0.1) is 0 Å². The number of rotatable bonds is 3. The molecule has 2 aliphatic heterocycles. The van der Waals surface area contributed by atoms with Crippen LogP contribution in [0.3, 0.4) is 0 Å². The molecule has 2 aliphatic rings. The van der Waals surface area contributed by atoms with Crippen molar-refractivity contribution < 1.29 is 23.1 Å². The van der Waals surface area contributed by atoms with Gasteiger partial charge in [0.2, 0.25) is 0 Å². The number of morpholine rings is 1. The van der Waals surface area contributed by atoms with E-state index in [0.717, 1.165) is 12.8 Å². The molecule has 2 saturated heterocycles. The van der Waals surface area contributed by atoms with Crippen molar-refractivity contribution in [2.45, 2.75) is 18.9 Å². The maximum absolute atomic E-state index is 12.2. The minimum absolute atomic E-state index is 0.103. The smallest absolute Gasteiger partial charge is 0.334 e. The predicted molar refractivity (Wildman–Crippen MR) is 58.7 cm³/mol. The Hall–Kier alpha value is -0.700. The molecule has 2 rings (SSSR count). The van der Waals surface area contributed by atoms with Crippen LogP contribution in [-0.2, 0) is 19.7 Å². The molecule has 0 saturated carbocycles. The summed E-state index contributed by atoms with van der Waals surface area (Å²) in [7, 11) is -3.50. The molecule has 0 aromatic rings. The lowest BCUT2D eigenvalue weighted by Crippen LogP contribution is -2.52. The molecule has 0 aromatic carbocycles. The van der Waals surface area contributed by atoms with Crippen molar-refractivity contribution in [3.8, 4) is 0 Å². The van der Waals surface area contributed by atoms with Crippen molar-refractivity contribution in [2.24, 2.45) is 0 Å². The average molecular weight is 264 g/mol. The molecule has 0 radical (unpaired) electrons. The number of carboxylic acids is 1. The van der Waals surface area contributed by atoms with Gasteiger partial charge >= 0.3 is 5.97 Å². The van der Waals surface area contributed by atoms with E-state index in [4.69, 9.17) is 9.84 Å². The van der Waals surface area contributed by atoms with Crippen LogP contribution in [0.2, 0.25) is 0 Å². The molecule has 0 bridgehead atoms. The van der Waals surface area contributed by atoms with Crippen molar-refractivity contribution in [3.63, 3.8) is 0 Å². The average Bonchev–Trinajstić information content (AvgIpc) is 2.83. The van der Waals surface area contributed by atoms with Crippen LogP contribution in [0.25, 0.3) is 0 Å². The van der Waals surface area contributed by atoms with E-state index in [-0.39, 0.29) is 19.7 Å². The second-order valence-electron chi connectivity index (χ2n) is 4.17. The van der Waals surface area contributed by atoms with Crippen LogP contribution < -0.4 is 0 Å². The third-order valence-electron chi connectivity index (χ3n) is 3.02. The van der Waals surface area contributed by atoms with Crippen LogP contribution in [0.5, 0.6) is 0 Å². The maximum atomic E-state index is 12.2. The van der Waals surface area contributed by atoms with Crippen molar-refractivity contribution >= 4 is 16.2 Å². The number of nitrogens with zero attached hydrogens (tertiary/aromatic N) is 2. The van der Waals surface area contributed by atoms with Crippen molar-refractivity contribution in [1.29, 1.82) is 0 Å². The third kappa shape index (κ3) is 2.59. The van der Waals surface area contributed by atoms with Gasteiger partial charge in [-0.1, -0.05) is 0 Å². The van der Waals surface area contributed by atoms with Gasteiger partial charge in [-0.3, -0.25) is 0 Å². The summed E-state index contributed by atoms with van der Waals surface area (Å²) in [4.78, 5) is 10.8. The maximum Gasteiger partial charge on any atom is 0.334 e. The summed E-state index contributed by atoms with van der Waals surface area (Å²) in [6.07, 6.45) is 0.679. The van der Waals surface area contributed by atoms with E-state index in [1.54, 1.807) is 0 Å². The predicted octanol–water partition coefficient (Wildman–Crippen LogP) is -0.888. The van der Waals surface area contributed by atoms with Gasteiger partial charge in [0.1, 0.15) is 0 Å². The highest BCUT2D eigenvalue weighted by Crippen LogP contribution is 2.19. The first-order chi connectivity index (χ1) is 8.01. The van der Waals surface area contributed by atoms with E-state index < -0.39 is 22.3 Å². The Morgan fingerprint density at radius 1 is 1.18 bits per heavy atom. The Kier molecular flexibility index (Phi) is 3.67. The summed E-state index contributed by atoms with van der Waals surface area (Å²) in [5.74, 6) is -1.12. The Morgan fingerprint density at radius 2 is 1.82 bits per heavy atom. The lowest BCUT2D eigenvalue weighted by atomic mass is 10.3. The van der Waals surface area contributed by atoms with Gasteiger partial charge < -0.3 is 9.84 Å². The number of hydrogen-bond donors (Lipinski definition) is 1. The van der Waals surface area contributed by atoms with Crippen LogP contribution in [-0.4, -0.2) is 67.0 Å². The van der Waals surface area contributed by atoms with Crippen molar-refractivity contribution in [3.05, 3.63) is 0 Å². The summed E-state index contributed by atoms with van der Waals surface area (Å²) in [5.41, 5.74) is 0. The summed E-state index contributed by atoms with van der Waals surface area (Å²) in [6.45, 7) is 1.30. The zero-order valence-corrected chi connectivity index (χ0v) is 10.2. The van der Waals surface area contributed by atoms with Crippen molar-refractivity contribution in [1.82, 2.24) is 8.61 Å². The normalized spacial score (nSPS) is 28.4. The van der Waals surface area contributed by atoms with Gasteiger partial charge in [0.05, 0.1) is 13.2 Å². The Bertz CT molecular complexity index is 390. The lowest BCUT2D eigenvalue weighted by molar-refractivity contribution is -0.153. The summed E-state index contributed by atoms with van der Waals surface area (Å²) < 4.78 is 31.9. The molecule has 0 amide bonds. The van der Waals surface area contributed by atoms with E-state index in [1.807, 2.05) is 0 Å². The van der Waals surface area contributed by atoms with Gasteiger partial charge in [0, 0.05) is 19.6 Å². The van der Waals surface area contributed by atoms with Crippen LogP contribution >= 0.6 is 0 Å². The fourth-order valence-electron chi connectivity index (χ4n) is 2.07. The molecular formula is C9H16N2O5S. The van der Waals surface area contributed by atoms with Gasteiger partial charge in [-0.25, -0.2) is 4.79 Å². The highest BCUT2D eigenvalue weighted by molar-refractivity contribution is 7.86. The first kappa shape index (κ1) is 12.7. The van der Waals surface area contributed by atoms with Gasteiger partial charge in [0.25, 0.3) is 10.2 Å². The molecule has 0 aromatic heterocycles. The third-order valence-corrected chi connectivity index (χ3v) is 5.02. The molecule has 2 heterocycles. The molecule has 0 spiro atoms. The highest BCUT2D eigenvalue weighted by atomic mass is 32.2. The van der Waals surface area contributed by atoms with E-state index in [1.165, 1.54) is 8.61 Å². The molecular weight excluding hydrogens is 248 g/mol. The molecule has 2 fully saturated rings. The number of aliphatic carboxylic acids is 1. The lowest BCUT2D eigenvalue weighted by Gasteiger charge is -2.32. The van der Waals surface area contributed by atoms with Gasteiger partial charge in [0.15, 0.2) is 6.10 Å². The topological polar surface area (TPSA) is 87.2 Å². The SMILES string of the molecule is O=C(O)C1CN(S(=O)(=O)N2CCCC2)CCO1. The van der Waals surface area contributed by atoms with Crippen molar-refractivity contribution in [2.75, 3.05) is 32.8 Å². The van der Waals surface area contributed by atoms with E-state index in [0.29, 0.717) is 13.1 Å². The minimum atomic E-state index is -3.50. The second kappa shape index (κ2) is 4.89. The van der Waals surface area contributed by atoms with E-state index >= 15 is 0 Å². The molecule has 1 N–H and O–H groups in total. The minimum Gasteiger partial charge on any atom is -0.479 e. The number of hydrogen-bond acceptors (Lipinski definition) is 4. The van der Waals surface area contributed by atoms with Gasteiger partial charge in [-0.2, -0.15) is 17.0 Å². The van der Waals surface area contributed by atoms with Crippen LogP contribution in [0, 0.1) is 0 Å². The van der Waals surface area contributed by atoms with Gasteiger partial charge in [-0.05, 0) is 12.8 Å². The number of ether oxygens (including phenoxy) is 1. The first-order valence-corrected chi connectivity index (χ1v) is 7.01. The summed E-state index contributed by atoms with van der Waals surface area (Å²) in [5, 5.41) is 8.83. The fourth-order valence-corrected chi connectivity index (χ4v) is 3.74. The van der Waals surface area contributed by atoms with Crippen LogP contribution in [0.15, 0.2) is 0 Å². The zero-order chi connectivity index (χ0) is 12.5. The monoisotopic (exact) mass is 264 g/mol. The zero-order valence-electron chi connectivity index (χ0n) is 9.41.